The Morgan fingerprint density at radius 3 is 2.75 bits per heavy atom. The van der Waals surface area contributed by atoms with Gasteiger partial charge in [-0.05, 0) is 42.5 Å². The summed E-state index contributed by atoms with van der Waals surface area (Å²) < 4.78 is 5.44. The fraction of sp³-hybridized carbons (Fsp3) is 0.467. The van der Waals surface area contributed by atoms with Crippen LogP contribution in [-0.4, -0.2) is 29.0 Å². The average molecular weight is 289 g/mol. The summed E-state index contributed by atoms with van der Waals surface area (Å²) in [6, 6.07) is 8.34. The van der Waals surface area contributed by atoms with Crippen molar-refractivity contribution >= 4 is 11.8 Å². The van der Waals surface area contributed by atoms with Gasteiger partial charge in [-0.25, -0.2) is 0 Å². The highest BCUT2D eigenvalue weighted by Crippen LogP contribution is 2.28. The number of hydrogen-bond acceptors (Lipinski definition) is 5. The molecule has 106 valence electrons. The third kappa shape index (κ3) is 2.74. The highest BCUT2D eigenvalue weighted by atomic mass is 32.2. The number of nitrogens with zero attached hydrogens (tertiary/aromatic N) is 2. The van der Waals surface area contributed by atoms with Crippen LogP contribution in [0.15, 0.2) is 33.7 Å². The molecule has 20 heavy (non-hydrogen) atoms. The van der Waals surface area contributed by atoms with Crippen molar-refractivity contribution in [2.75, 3.05) is 18.8 Å². The Hall–Kier alpha value is -1.33. The molecule has 1 aromatic heterocycles. The number of nitrogens with one attached hydrogen (secondary N) is 1. The Bertz CT molecular complexity index is 567. The molecule has 0 aliphatic carbocycles. The van der Waals surface area contributed by atoms with Gasteiger partial charge in [0.15, 0.2) is 0 Å². The molecule has 2 heterocycles. The van der Waals surface area contributed by atoms with Gasteiger partial charge in [0.05, 0.1) is 5.92 Å². The molecule has 0 amide bonds. The lowest BCUT2D eigenvalue weighted by Gasteiger charge is -2.07. The Morgan fingerprint density at radius 1 is 1.30 bits per heavy atom. The molecule has 1 aliphatic heterocycles. The van der Waals surface area contributed by atoms with Crippen molar-refractivity contribution in [3.8, 4) is 11.4 Å². The molecule has 3 rings (SSSR count). The molecule has 0 saturated carbocycles. The summed E-state index contributed by atoms with van der Waals surface area (Å²) in [6.07, 6.45) is 0. The van der Waals surface area contributed by atoms with Gasteiger partial charge in [0, 0.05) is 17.0 Å². The van der Waals surface area contributed by atoms with E-state index in [1.54, 1.807) is 0 Å². The Labute approximate surface area is 123 Å². The van der Waals surface area contributed by atoms with Gasteiger partial charge in [0.25, 0.3) is 0 Å². The minimum Gasteiger partial charge on any atom is -0.339 e. The summed E-state index contributed by atoms with van der Waals surface area (Å²) in [5, 5.41) is 7.48. The van der Waals surface area contributed by atoms with Crippen LogP contribution < -0.4 is 5.32 Å². The molecule has 4 nitrogen and oxygen atoms in total. The summed E-state index contributed by atoms with van der Waals surface area (Å²) in [5.74, 6) is 3.41. The van der Waals surface area contributed by atoms with Crippen LogP contribution >= 0.6 is 11.8 Å². The predicted molar refractivity (Wildman–Crippen MR) is 80.9 cm³/mol. The van der Waals surface area contributed by atoms with Gasteiger partial charge in [-0.1, -0.05) is 19.0 Å². The van der Waals surface area contributed by atoms with Crippen molar-refractivity contribution in [3.63, 3.8) is 0 Å². The molecule has 1 N–H and O–H groups in total. The first-order valence-corrected chi connectivity index (χ1v) is 8.04. The van der Waals surface area contributed by atoms with Gasteiger partial charge in [-0.2, -0.15) is 4.98 Å². The summed E-state index contributed by atoms with van der Waals surface area (Å²) in [6.45, 7) is 6.31. The standard InChI is InChI=1S/C15H19N3OS/c1-3-20-12-6-4-11(5-7-12)14-17-15(19-18-14)13-9-16-8-10(13)2/h4-7,10,13,16H,3,8-9H2,1-2H3. The van der Waals surface area contributed by atoms with E-state index in [0.29, 0.717) is 17.7 Å². The second kappa shape index (κ2) is 5.97. The summed E-state index contributed by atoms with van der Waals surface area (Å²) in [7, 11) is 0. The van der Waals surface area contributed by atoms with Crippen LogP contribution in [0.1, 0.15) is 25.7 Å². The molecule has 1 saturated heterocycles. The molecule has 0 radical (unpaired) electrons. The quantitative estimate of drug-likeness (QED) is 0.876. The zero-order valence-electron chi connectivity index (χ0n) is 11.8. The van der Waals surface area contributed by atoms with E-state index >= 15 is 0 Å². The van der Waals surface area contributed by atoms with Crippen LogP contribution in [0, 0.1) is 5.92 Å². The van der Waals surface area contributed by atoms with Gasteiger partial charge in [-0.15, -0.1) is 11.8 Å². The average Bonchev–Trinajstić information content (AvgIpc) is 3.08. The highest BCUT2D eigenvalue weighted by molar-refractivity contribution is 7.99. The number of aromatic nitrogens is 2. The Morgan fingerprint density at radius 2 is 2.10 bits per heavy atom. The minimum absolute atomic E-state index is 0.339. The molecule has 2 aromatic rings. The Balaban J connectivity index is 1.79. The van der Waals surface area contributed by atoms with E-state index in [1.165, 1.54) is 4.90 Å². The first kappa shape index (κ1) is 13.6. The molecular weight excluding hydrogens is 270 g/mol. The Kier molecular flexibility index (Phi) is 4.08. The van der Waals surface area contributed by atoms with Crippen molar-refractivity contribution in [1.82, 2.24) is 15.5 Å². The minimum atomic E-state index is 0.339. The third-order valence-corrected chi connectivity index (χ3v) is 4.59. The molecular formula is C15H19N3OS. The summed E-state index contributed by atoms with van der Waals surface area (Å²) in [4.78, 5) is 5.84. The zero-order valence-corrected chi connectivity index (χ0v) is 12.6. The van der Waals surface area contributed by atoms with E-state index in [1.807, 2.05) is 11.8 Å². The fourth-order valence-electron chi connectivity index (χ4n) is 2.51. The zero-order chi connectivity index (χ0) is 13.9. The molecule has 2 atom stereocenters. The predicted octanol–water partition coefficient (Wildman–Crippen LogP) is 3.17. The third-order valence-electron chi connectivity index (χ3n) is 3.70. The number of rotatable bonds is 4. The molecule has 0 spiro atoms. The van der Waals surface area contributed by atoms with Crippen molar-refractivity contribution in [3.05, 3.63) is 30.2 Å². The number of hydrogen-bond donors (Lipinski definition) is 1. The topological polar surface area (TPSA) is 51.0 Å². The largest absolute Gasteiger partial charge is 0.339 e. The van der Waals surface area contributed by atoms with Crippen LogP contribution in [0.25, 0.3) is 11.4 Å². The molecule has 1 aliphatic rings. The molecule has 5 heteroatoms. The van der Waals surface area contributed by atoms with Crippen LogP contribution in [0.5, 0.6) is 0 Å². The highest BCUT2D eigenvalue weighted by Gasteiger charge is 2.29. The van der Waals surface area contributed by atoms with Crippen LogP contribution in [-0.2, 0) is 0 Å². The van der Waals surface area contributed by atoms with Gasteiger partial charge in [-0.3, -0.25) is 0 Å². The van der Waals surface area contributed by atoms with E-state index in [-0.39, 0.29) is 0 Å². The molecule has 1 aromatic carbocycles. The van der Waals surface area contributed by atoms with E-state index in [2.05, 4.69) is 53.6 Å². The van der Waals surface area contributed by atoms with Crippen LogP contribution in [0.3, 0.4) is 0 Å². The second-order valence-electron chi connectivity index (χ2n) is 5.16. The fourth-order valence-corrected chi connectivity index (χ4v) is 3.17. The maximum atomic E-state index is 5.44. The lowest BCUT2D eigenvalue weighted by Crippen LogP contribution is -2.08. The first-order valence-electron chi connectivity index (χ1n) is 7.05. The summed E-state index contributed by atoms with van der Waals surface area (Å²) in [5.41, 5.74) is 1.01. The van der Waals surface area contributed by atoms with Crippen molar-refractivity contribution in [2.45, 2.75) is 24.7 Å². The van der Waals surface area contributed by atoms with E-state index in [0.717, 1.165) is 30.3 Å². The summed E-state index contributed by atoms with van der Waals surface area (Å²) >= 11 is 1.83. The maximum absolute atomic E-state index is 5.44. The SMILES string of the molecule is CCSc1ccc(-c2noc(C3CNCC3C)n2)cc1. The van der Waals surface area contributed by atoms with Gasteiger partial charge in [0.2, 0.25) is 11.7 Å². The van der Waals surface area contributed by atoms with Crippen molar-refractivity contribution in [2.24, 2.45) is 5.92 Å². The van der Waals surface area contributed by atoms with E-state index < -0.39 is 0 Å². The number of thioether (sulfide) groups is 1. The van der Waals surface area contributed by atoms with Crippen molar-refractivity contribution in [1.29, 1.82) is 0 Å². The lowest BCUT2D eigenvalue weighted by atomic mass is 9.98. The van der Waals surface area contributed by atoms with Crippen LogP contribution in [0.4, 0.5) is 0 Å². The smallest absolute Gasteiger partial charge is 0.231 e. The van der Waals surface area contributed by atoms with Crippen molar-refractivity contribution < 1.29 is 4.52 Å². The number of benzene rings is 1. The lowest BCUT2D eigenvalue weighted by molar-refractivity contribution is 0.340. The first-order chi connectivity index (χ1) is 9.78. The molecule has 0 bridgehead atoms. The molecule has 2 unspecified atom stereocenters. The van der Waals surface area contributed by atoms with E-state index in [4.69, 9.17) is 4.52 Å². The van der Waals surface area contributed by atoms with Gasteiger partial charge < -0.3 is 9.84 Å². The monoisotopic (exact) mass is 289 g/mol. The van der Waals surface area contributed by atoms with Gasteiger partial charge >= 0.3 is 0 Å². The second-order valence-corrected chi connectivity index (χ2v) is 6.49. The molecule has 1 fully saturated rings. The normalized spacial score (nSPS) is 22.3. The van der Waals surface area contributed by atoms with E-state index in [9.17, 15) is 0 Å². The maximum Gasteiger partial charge on any atom is 0.231 e. The van der Waals surface area contributed by atoms with Gasteiger partial charge in [0.1, 0.15) is 0 Å². The van der Waals surface area contributed by atoms with Crippen LogP contribution in [0.2, 0.25) is 0 Å².